The lowest BCUT2D eigenvalue weighted by atomic mass is 10.1. The number of rotatable bonds is 13. The summed E-state index contributed by atoms with van der Waals surface area (Å²) in [7, 11) is -1.31. The Morgan fingerprint density at radius 3 is 2.52 bits per heavy atom. The van der Waals surface area contributed by atoms with E-state index in [1.165, 1.54) is 67.7 Å². The zero-order valence-electron chi connectivity index (χ0n) is 22.8. The molecule has 0 saturated carbocycles. The summed E-state index contributed by atoms with van der Waals surface area (Å²) in [6.45, 7) is -0.141. The number of carbonyl (C=O) groups is 1. The van der Waals surface area contributed by atoms with Crippen LogP contribution in [0.2, 0.25) is 0 Å². The van der Waals surface area contributed by atoms with Gasteiger partial charge in [-0.2, -0.15) is 5.10 Å². The Morgan fingerprint density at radius 1 is 1.02 bits per heavy atom. The highest BCUT2D eigenvalue weighted by molar-refractivity contribution is 7.89. The molecule has 0 aliphatic rings. The summed E-state index contributed by atoms with van der Waals surface area (Å²) < 4.78 is 81.1. The van der Waals surface area contributed by atoms with Crippen molar-refractivity contribution >= 4 is 21.6 Å². The molecule has 0 atom stereocenters. The van der Waals surface area contributed by atoms with Crippen LogP contribution in [0.1, 0.15) is 23.1 Å². The van der Waals surface area contributed by atoms with Crippen LogP contribution in [-0.2, 0) is 34.2 Å². The minimum Gasteiger partial charge on any atom is -0.497 e. The fraction of sp³-hybridized carbons (Fsp3) is 0.241. The van der Waals surface area contributed by atoms with E-state index < -0.39 is 28.2 Å². The Balaban J connectivity index is 1.64. The maximum atomic E-state index is 14.0. The number of methoxy groups -OCH3 is 2. The molecule has 1 amide bonds. The van der Waals surface area contributed by atoms with Crippen molar-refractivity contribution in [2.75, 3.05) is 19.5 Å². The second-order valence-corrected chi connectivity index (χ2v) is 11.0. The van der Waals surface area contributed by atoms with E-state index in [2.05, 4.69) is 15.1 Å². The van der Waals surface area contributed by atoms with Gasteiger partial charge in [0.15, 0.2) is 0 Å². The number of hydrogen-bond acceptors (Lipinski definition) is 6. The minimum atomic E-state index is -4.25. The summed E-state index contributed by atoms with van der Waals surface area (Å²) in [5.74, 6) is -0.158. The summed E-state index contributed by atoms with van der Waals surface area (Å²) in [6.07, 6.45) is -0.207. The number of anilines is 1. The van der Waals surface area contributed by atoms with Crippen LogP contribution in [0.3, 0.4) is 0 Å². The monoisotopic (exact) mass is 602 g/mol. The number of carbonyl (C=O) groups excluding carboxylic acids is 1. The van der Waals surface area contributed by atoms with Crippen LogP contribution in [-0.4, -0.2) is 44.8 Å². The molecule has 0 unspecified atom stereocenters. The number of sulfonamides is 1. The first kappa shape index (κ1) is 30.6. The summed E-state index contributed by atoms with van der Waals surface area (Å²) >= 11 is 0. The lowest BCUT2D eigenvalue weighted by Gasteiger charge is -2.15. The standard InChI is InChI=1S/C29H29F3N4O5S/c1-40-23-10-8-21(26(15-23)41-2)17-34-42(38,39)27-14-22(35-29(37)13-20-5-3-4-6-24(20)30)9-11-25(27)36-18-19(16-33-36)7-12-28(31)32/h3-6,8-11,14-16,18,28,34H,7,12-13,17H2,1-2H3,(H,35,37). The van der Waals surface area contributed by atoms with E-state index >= 15 is 0 Å². The van der Waals surface area contributed by atoms with Gasteiger partial charge in [0, 0.05) is 36.5 Å². The molecule has 0 aliphatic heterocycles. The molecular weight excluding hydrogens is 573 g/mol. The summed E-state index contributed by atoms with van der Waals surface area (Å²) in [5, 5.41) is 6.78. The molecule has 13 heteroatoms. The highest BCUT2D eigenvalue weighted by Gasteiger charge is 2.23. The van der Waals surface area contributed by atoms with Crippen LogP contribution in [0.25, 0.3) is 5.69 Å². The molecule has 2 N–H and O–H groups in total. The zero-order chi connectivity index (χ0) is 30.3. The predicted molar refractivity (Wildman–Crippen MR) is 150 cm³/mol. The number of amides is 1. The van der Waals surface area contributed by atoms with Gasteiger partial charge in [-0.05, 0) is 47.9 Å². The topological polar surface area (TPSA) is 112 Å². The van der Waals surface area contributed by atoms with E-state index in [9.17, 15) is 26.4 Å². The highest BCUT2D eigenvalue weighted by atomic mass is 32.2. The van der Waals surface area contributed by atoms with E-state index in [1.54, 1.807) is 24.3 Å². The molecular formula is C29H29F3N4O5S. The van der Waals surface area contributed by atoms with Gasteiger partial charge in [-0.25, -0.2) is 31.0 Å². The molecule has 1 aromatic heterocycles. The van der Waals surface area contributed by atoms with Gasteiger partial charge in [0.25, 0.3) is 0 Å². The third-order valence-electron chi connectivity index (χ3n) is 6.32. The summed E-state index contributed by atoms with van der Waals surface area (Å²) in [6, 6.07) is 14.9. The molecule has 0 spiro atoms. The Kier molecular flexibility index (Phi) is 9.86. The van der Waals surface area contributed by atoms with Crippen LogP contribution in [0, 0.1) is 5.82 Å². The average molecular weight is 603 g/mol. The van der Waals surface area contributed by atoms with Crippen molar-refractivity contribution in [1.29, 1.82) is 0 Å². The number of alkyl halides is 2. The van der Waals surface area contributed by atoms with Crippen molar-refractivity contribution < 1.29 is 35.9 Å². The van der Waals surface area contributed by atoms with Gasteiger partial charge in [-0.3, -0.25) is 4.79 Å². The molecule has 3 aromatic carbocycles. The van der Waals surface area contributed by atoms with Crippen molar-refractivity contribution in [3.8, 4) is 17.2 Å². The Labute approximate surface area is 241 Å². The van der Waals surface area contributed by atoms with Gasteiger partial charge >= 0.3 is 0 Å². The van der Waals surface area contributed by atoms with Crippen molar-refractivity contribution in [3.63, 3.8) is 0 Å². The van der Waals surface area contributed by atoms with Crippen LogP contribution < -0.4 is 19.5 Å². The summed E-state index contributed by atoms with van der Waals surface area (Å²) in [4.78, 5) is 12.4. The first-order chi connectivity index (χ1) is 20.1. The molecule has 0 radical (unpaired) electrons. The molecule has 1 heterocycles. The van der Waals surface area contributed by atoms with Gasteiger partial charge < -0.3 is 14.8 Å². The third-order valence-corrected chi connectivity index (χ3v) is 7.75. The van der Waals surface area contributed by atoms with E-state index in [4.69, 9.17) is 9.47 Å². The maximum Gasteiger partial charge on any atom is 0.243 e. The molecule has 0 fully saturated rings. The number of nitrogens with one attached hydrogen (secondary N) is 2. The van der Waals surface area contributed by atoms with Crippen molar-refractivity contribution in [3.05, 3.63) is 95.6 Å². The lowest BCUT2D eigenvalue weighted by Crippen LogP contribution is -2.25. The van der Waals surface area contributed by atoms with Gasteiger partial charge in [0.05, 0.1) is 32.5 Å². The Hall–Kier alpha value is -4.36. The second kappa shape index (κ2) is 13.5. The number of halogens is 3. The fourth-order valence-corrected chi connectivity index (χ4v) is 5.38. The third kappa shape index (κ3) is 7.68. The summed E-state index contributed by atoms with van der Waals surface area (Å²) in [5.41, 5.74) is 1.48. The van der Waals surface area contributed by atoms with Crippen molar-refractivity contribution in [2.24, 2.45) is 0 Å². The smallest absolute Gasteiger partial charge is 0.243 e. The molecule has 222 valence electrons. The number of nitrogens with zero attached hydrogens (tertiary/aromatic N) is 2. The zero-order valence-corrected chi connectivity index (χ0v) is 23.6. The Bertz CT molecular complexity index is 1660. The largest absolute Gasteiger partial charge is 0.497 e. The number of aryl methyl sites for hydroxylation is 1. The molecule has 9 nitrogen and oxygen atoms in total. The number of aromatic nitrogens is 2. The molecule has 0 aliphatic carbocycles. The Morgan fingerprint density at radius 2 is 1.81 bits per heavy atom. The van der Waals surface area contributed by atoms with E-state index in [0.717, 1.165) is 0 Å². The second-order valence-electron chi connectivity index (χ2n) is 9.22. The first-order valence-electron chi connectivity index (χ1n) is 12.8. The number of benzene rings is 3. The number of ether oxygens (including phenoxy) is 2. The molecule has 0 bridgehead atoms. The predicted octanol–water partition coefficient (Wildman–Crippen LogP) is 4.89. The average Bonchev–Trinajstić information content (AvgIpc) is 3.45. The maximum absolute atomic E-state index is 14.0. The van der Waals surface area contributed by atoms with E-state index in [1.807, 2.05) is 0 Å². The van der Waals surface area contributed by atoms with Gasteiger partial charge in [-0.15, -0.1) is 0 Å². The van der Waals surface area contributed by atoms with Crippen LogP contribution >= 0.6 is 0 Å². The lowest BCUT2D eigenvalue weighted by molar-refractivity contribution is -0.115. The van der Waals surface area contributed by atoms with E-state index in [0.29, 0.717) is 22.6 Å². The van der Waals surface area contributed by atoms with Crippen molar-refractivity contribution in [1.82, 2.24) is 14.5 Å². The van der Waals surface area contributed by atoms with Crippen molar-refractivity contribution in [2.45, 2.75) is 37.1 Å². The molecule has 4 rings (SSSR count). The molecule has 42 heavy (non-hydrogen) atoms. The SMILES string of the molecule is COc1ccc(CNS(=O)(=O)c2cc(NC(=O)Cc3ccccc3F)ccc2-n2cc(CCC(F)F)cn2)c(OC)c1. The van der Waals surface area contributed by atoms with Gasteiger partial charge in [0.2, 0.25) is 22.4 Å². The molecule has 0 saturated heterocycles. The van der Waals surface area contributed by atoms with Gasteiger partial charge in [0.1, 0.15) is 22.2 Å². The van der Waals surface area contributed by atoms with Crippen LogP contribution in [0.15, 0.2) is 78.0 Å². The number of hydrogen-bond donors (Lipinski definition) is 2. The van der Waals surface area contributed by atoms with E-state index in [-0.39, 0.29) is 47.6 Å². The fourth-order valence-electron chi connectivity index (χ4n) is 4.16. The normalized spacial score (nSPS) is 11.5. The minimum absolute atomic E-state index is 0.0550. The van der Waals surface area contributed by atoms with Crippen LogP contribution in [0.5, 0.6) is 11.5 Å². The van der Waals surface area contributed by atoms with Crippen LogP contribution in [0.4, 0.5) is 18.9 Å². The first-order valence-corrected chi connectivity index (χ1v) is 14.3. The molecule has 4 aromatic rings. The highest BCUT2D eigenvalue weighted by Crippen LogP contribution is 2.28. The quantitative estimate of drug-likeness (QED) is 0.226. The van der Waals surface area contributed by atoms with Gasteiger partial charge in [-0.1, -0.05) is 24.3 Å².